The van der Waals surface area contributed by atoms with Gasteiger partial charge in [0.2, 0.25) is 0 Å². The molecule has 0 radical (unpaired) electrons. The molecule has 1 heterocycles. The normalized spacial score (nSPS) is 10.6. The number of nitrogens with one attached hydrogen (secondary N) is 1. The fourth-order valence-electron chi connectivity index (χ4n) is 1.75. The third-order valence-electron chi connectivity index (χ3n) is 2.94. The van der Waals surface area contributed by atoms with Crippen LogP contribution in [0.5, 0.6) is 0 Å². The van der Waals surface area contributed by atoms with Crippen LogP contribution in [-0.2, 0) is 24.9 Å². The largest absolute Gasteiger partial charge is 0.380 e. The van der Waals surface area contributed by atoms with Crippen LogP contribution in [0.1, 0.15) is 17.2 Å². The summed E-state index contributed by atoms with van der Waals surface area (Å²) in [4.78, 5) is 0. The van der Waals surface area contributed by atoms with Crippen LogP contribution < -0.4 is 5.32 Å². The summed E-state index contributed by atoms with van der Waals surface area (Å²) in [6.07, 6.45) is 0. The number of rotatable bonds is 5. The molecule has 0 aliphatic carbocycles. The highest BCUT2D eigenvalue weighted by atomic mass is 16.5. The number of hydrogen-bond acceptors (Lipinski definition) is 4. The van der Waals surface area contributed by atoms with E-state index in [0.717, 1.165) is 22.9 Å². The van der Waals surface area contributed by atoms with Gasteiger partial charge in [-0.2, -0.15) is 0 Å². The molecule has 96 valence electrons. The Hall–Kier alpha value is -1.88. The molecule has 0 saturated heterocycles. The van der Waals surface area contributed by atoms with E-state index in [9.17, 15) is 0 Å². The van der Waals surface area contributed by atoms with Crippen LogP contribution >= 0.6 is 0 Å². The molecule has 0 fully saturated rings. The van der Waals surface area contributed by atoms with Crippen molar-refractivity contribution in [1.29, 1.82) is 0 Å². The zero-order chi connectivity index (χ0) is 13.0. The Balaban J connectivity index is 2.08. The molecule has 1 N–H and O–H groups in total. The van der Waals surface area contributed by atoms with Crippen LogP contribution in [0.25, 0.3) is 0 Å². The van der Waals surface area contributed by atoms with Gasteiger partial charge in [-0.1, -0.05) is 18.2 Å². The highest BCUT2D eigenvalue weighted by molar-refractivity contribution is 5.50. The molecular weight excluding hydrogens is 228 g/mol. The van der Waals surface area contributed by atoms with E-state index in [1.165, 1.54) is 0 Å². The van der Waals surface area contributed by atoms with Gasteiger partial charge in [0.05, 0.1) is 13.2 Å². The summed E-state index contributed by atoms with van der Waals surface area (Å²) in [6.45, 7) is 3.19. The Labute approximate surface area is 107 Å². The van der Waals surface area contributed by atoms with E-state index in [1.54, 1.807) is 7.11 Å². The minimum Gasteiger partial charge on any atom is -0.380 e. The maximum absolute atomic E-state index is 5.18. The van der Waals surface area contributed by atoms with Crippen LogP contribution in [0, 0.1) is 6.92 Å². The molecule has 0 bridgehead atoms. The number of benzene rings is 1. The molecule has 1 aromatic carbocycles. The van der Waals surface area contributed by atoms with E-state index in [0.29, 0.717) is 13.2 Å². The van der Waals surface area contributed by atoms with Crippen LogP contribution in [0.15, 0.2) is 24.3 Å². The van der Waals surface area contributed by atoms with E-state index < -0.39 is 0 Å². The Bertz CT molecular complexity index is 521. The summed E-state index contributed by atoms with van der Waals surface area (Å²) in [5.74, 6) is 1.83. The van der Waals surface area contributed by atoms with E-state index >= 15 is 0 Å². The number of aromatic nitrogens is 3. The van der Waals surface area contributed by atoms with Crippen LogP contribution in [0.4, 0.5) is 5.69 Å². The van der Waals surface area contributed by atoms with Gasteiger partial charge in [-0.3, -0.25) is 0 Å². The highest BCUT2D eigenvalue weighted by Crippen LogP contribution is 2.16. The van der Waals surface area contributed by atoms with Crippen molar-refractivity contribution < 1.29 is 4.74 Å². The monoisotopic (exact) mass is 246 g/mol. The van der Waals surface area contributed by atoms with Crippen molar-refractivity contribution in [2.75, 3.05) is 12.4 Å². The second-order valence-electron chi connectivity index (χ2n) is 4.17. The second kappa shape index (κ2) is 5.64. The van der Waals surface area contributed by atoms with Gasteiger partial charge in [0.25, 0.3) is 0 Å². The molecular formula is C13H18N4O. The lowest BCUT2D eigenvalue weighted by Gasteiger charge is -2.11. The van der Waals surface area contributed by atoms with Crippen LogP contribution in [-0.4, -0.2) is 21.9 Å². The van der Waals surface area contributed by atoms with Crippen molar-refractivity contribution in [2.45, 2.75) is 20.1 Å². The zero-order valence-electron chi connectivity index (χ0n) is 11.0. The van der Waals surface area contributed by atoms with Gasteiger partial charge in [-0.25, -0.2) is 0 Å². The minimum absolute atomic E-state index is 0.598. The maximum Gasteiger partial charge on any atom is 0.152 e. The van der Waals surface area contributed by atoms with Gasteiger partial charge in [-0.05, 0) is 13.0 Å². The number of ether oxygens (including phenoxy) is 1. The average molecular weight is 246 g/mol. The molecule has 0 amide bonds. The molecule has 1 aromatic heterocycles. The van der Waals surface area contributed by atoms with Crippen LogP contribution in [0.3, 0.4) is 0 Å². The Morgan fingerprint density at radius 1 is 1.28 bits per heavy atom. The predicted molar refractivity (Wildman–Crippen MR) is 70.2 cm³/mol. The van der Waals surface area contributed by atoms with Crippen molar-refractivity contribution >= 4 is 5.69 Å². The number of hydrogen-bond donors (Lipinski definition) is 1. The molecule has 0 atom stereocenters. The summed E-state index contributed by atoms with van der Waals surface area (Å²) >= 11 is 0. The molecule has 0 aliphatic rings. The molecule has 0 spiro atoms. The molecule has 0 saturated carbocycles. The van der Waals surface area contributed by atoms with Crippen molar-refractivity contribution in [1.82, 2.24) is 14.8 Å². The molecule has 0 aliphatic heterocycles. The average Bonchev–Trinajstić information content (AvgIpc) is 2.70. The van der Waals surface area contributed by atoms with Crippen molar-refractivity contribution in [3.63, 3.8) is 0 Å². The first-order valence-electron chi connectivity index (χ1n) is 5.88. The summed E-state index contributed by atoms with van der Waals surface area (Å²) in [5.41, 5.74) is 2.21. The van der Waals surface area contributed by atoms with Crippen molar-refractivity contribution in [2.24, 2.45) is 7.05 Å². The summed E-state index contributed by atoms with van der Waals surface area (Å²) in [7, 11) is 3.66. The Morgan fingerprint density at radius 2 is 2.06 bits per heavy atom. The van der Waals surface area contributed by atoms with E-state index in [1.807, 2.05) is 42.8 Å². The topological polar surface area (TPSA) is 52.0 Å². The summed E-state index contributed by atoms with van der Waals surface area (Å²) in [6, 6.07) is 8.10. The standard InChI is InChI=1S/C13H18N4O/c1-10-15-16-13(17(10)2)8-14-12-7-5-4-6-11(12)9-18-3/h4-7,14H,8-9H2,1-3H3. The molecule has 5 heteroatoms. The van der Waals surface area contributed by atoms with Crippen molar-refractivity contribution in [3.8, 4) is 0 Å². The Morgan fingerprint density at radius 3 is 2.72 bits per heavy atom. The number of aryl methyl sites for hydroxylation is 1. The second-order valence-corrected chi connectivity index (χ2v) is 4.17. The maximum atomic E-state index is 5.18. The number of anilines is 1. The van der Waals surface area contributed by atoms with Crippen LogP contribution in [0.2, 0.25) is 0 Å². The smallest absolute Gasteiger partial charge is 0.152 e. The van der Waals surface area contributed by atoms with Gasteiger partial charge in [0, 0.05) is 25.4 Å². The minimum atomic E-state index is 0.598. The quantitative estimate of drug-likeness (QED) is 0.875. The Kier molecular flexibility index (Phi) is 3.94. The van der Waals surface area contributed by atoms with E-state index in [-0.39, 0.29) is 0 Å². The fraction of sp³-hybridized carbons (Fsp3) is 0.385. The number of para-hydroxylation sites is 1. The molecule has 2 aromatic rings. The van der Waals surface area contributed by atoms with E-state index in [4.69, 9.17) is 4.74 Å². The molecule has 5 nitrogen and oxygen atoms in total. The zero-order valence-corrected chi connectivity index (χ0v) is 11.0. The predicted octanol–water partition coefficient (Wildman–Crippen LogP) is 1.88. The molecule has 2 rings (SSSR count). The van der Waals surface area contributed by atoms with Gasteiger partial charge in [0.15, 0.2) is 5.82 Å². The lowest BCUT2D eigenvalue weighted by molar-refractivity contribution is 0.185. The SMILES string of the molecule is COCc1ccccc1NCc1nnc(C)n1C. The first-order valence-corrected chi connectivity index (χ1v) is 5.88. The van der Waals surface area contributed by atoms with Gasteiger partial charge in [0.1, 0.15) is 5.82 Å². The third kappa shape index (κ3) is 2.68. The molecule has 0 unspecified atom stereocenters. The molecule has 18 heavy (non-hydrogen) atoms. The lowest BCUT2D eigenvalue weighted by Crippen LogP contribution is -2.08. The van der Waals surface area contributed by atoms with Gasteiger partial charge >= 0.3 is 0 Å². The van der Waals surface area contributed by atoms with Crippen molar-refractivity contribution in [3.05, 3.63) is 41.5 Å². The van der Waals surface area contributed by atoms with Gasteiger partial charge < -0.3 is 14.6 Å². The summed E-state index contributed by atoms with van der Waals surface area (Å²) < 4.78 is 7.15. The first-order chi connectivity index (χ1) is 8.72. The summed E-state index contributed by atoms with van der Waals surface area (Å²) in [5, 5.41) is 11.5. The number of nitrogens with zero attached hydrogens (tertiary/aromatic N) is 3. The third-order valence-corrected chi connectivity index (χ3v) is 2.94. The van der Waals surface area contributed by atoms with Gasteiger partial charge in [-0.15, -0.1) is 10.2 Å². The fourth-order valence-corrected chi connectivity index (χ4v) is 1.75. The number of methoxy groups -OCH3 is 1. The highest BCUT2D eigenvalue weighted by Gasteiger charge is 2.06. The van der Waals surface area contributed by atoms with E-state index in [2.05, 4.69) is 15.5 Å². The lowest BCUT2D eigenvalue weighted by atomic mass is 10.2. The first kappa shape index (κ1) is 12.6.